The molecule has 0 spiro atoms. The van der Waals surface area contributed by atoms with E-state index >= 15 is 0 Å². The second-order valence-corrected chi connectivity index (χ2v) is 7.87. The molecule has 0 aliphatic carbocycles. The Kier molecular flexibility index (Phi) is 18.5. The molecule has 0 aromatic rings. The molecule has 194 valence electrons. The maximum absolute atomic E-state index is 11.6. The lowest BCUT2D eigenvalue weighted by molar-refractivity contribution is -0.139. The third-order valence-corrected chi connectivity index (χ3v) is 4.77. The topological polar surface area (TPSA) is 191 Å². The van der Waals surface area contributed by atoms with Crippen LogP contribution >= 0.6 is 0 Å². The molecule has 34 heavy (non-hydrogen) atoms. The smallest absolute Gasteiger partial charge is 0.303 e. The Morgan fingerprint density at radius 3 is 1.06 bits per heavy atom. The lowest BCUT2D eigenvalue weighted by Gasteiger charge is -2.07. The van der Waals surface area contributed by atoms with E-state index in [9.17, 15) is 28.8 Å². The monoisotopic (exact) mass is 486 g/mol. The highest BCUT2D eigenvalue weighted by molar-refractivity contribution is 5.86. The van der Waals surface area contributed by atoms with E-state index in [0.717, 1.165) is 51.4 Å². The summed E-state index contributed by atoms with van der Waals surface area (Å²) in [6.45, 7) is 0.758. The standard InChI is InChI=1S/C22H38N4O8/c27-17(9-11-21(31)32)25-15-19(29)23-13-7-5-3-1-2-4-6-8-14-24-20(30)16-26-18(28)10-12-22(33)34/h1-16H2,(H,23,29)(H,24,30)(H,25,27)(H,26,28)(H,31,32)(H,33,34). The maximum atomic E-state index is 11.6. The van der Waals surface area contributed by atoms with Crippen molar-refractivity contribution in [3.63, 3.8) is 0 Å². The van der Waals surface area contributed by atoms with E-state index < -0.39 is 23.8 Å². The lowest BCUT2D eigenvalue weighted by Crippen LogP contribution is -2.37. The fraction of sp³-hybridized carbons (Fsp3) is 0.727. The lowest BCUT2D eigenvalue weighted by atomic mass is 10.1. The molecule has 0 unspecified atom stereocenters. The minimum Gasteiger partial charge on any atom is -0.481 e. The fourth-order valence-electron chi connectivity index (χ4n) is 2.87. The van der Waals surface area contributed by atoms with E-state index in [1.54, 1.807) is 0 Å². The quantitative estimate of drug-likeness (QED) is 0.125. The van der Waals surface area contributed by atoms with Gasteiger partial charge in [-0.05, 0) is 12.8 Å². The normalized spacial score (nSPS) is 10.2. The molecule has 12 heteroatoms. The van der Waals surface area contributed by atoms with Gasteiger partial charge in [-0.1, -0.05) is 38.5 Å². The molecule has 12 nitrogen and oxygen atoms in total. The van der Waals surface area contributed by atoms with E-state index in [0.29, 0.717) is 13.1 Å². The molecule has 0 aliphatic heterocycles. The average Bonchev–Trinajstić information content (AvgIpc) is 2.79. The molecule has 0 rings (SSSR count). The van der Waals surface area contributed by atoms with Crippen molar-refractivity contribution >= 4 is 35.6 Å². The number of hydrogen-bond acceptors (Lipinski definition) is 6. The van der Waals surface area contributed by atoms with Crippen molar-refractivity contribution in [1.29, 1.82) is 0 Å². The van der Waals surface area contributed by atoms with E-state index in [-0.39, 0.29) is 50.6 Å². The number of unbranched alkanes of at least 4 members (excludes halogenated alkanes) is 7. The highest BCUT2D eigenvalue weighted by Crippen LogP contribution is 2.08. The van der Waals surface area contributed by atoms with Crippen LogP contribution in [-0.2, 0) is 28.8 Å². The predicted molar refractivity (Wildman–Crippen MR) is 123 cm³/mol. The average molecular weight is 487 g/mol. The van der Waals surface area contributed by atoms with Crippen LogP contribution in [0.2, 0.25) is 0 Å². The van der Waals surface area contributed by atoms with Gasteiger partial charge in [0.1, 0.15) is 0 Å². The molecule has 0 bridgehead atoms. The Hall–Kier alpha value is -3.18. The van der Waals surface area contributed by atoms with Crippen molar-refractivity contribution in [1.82, 2.24) is 21.3 Å². The molecular weight excluding hydrogens is 448 g/mol. The molecule has 0 fully saturated rings. The fourth-order valence-corrected chi connectivity index (χ4v) is 2.87. The number of carboxylic acid groups (broad SMARTS) is 2. The Bertz CT molecular complexity index is 613. The minimum absolute atomic E-state index is 0.144. The second-order valence-electron chi connectivity index (χ2n) is 7.87. The third-order valence-electron chi connectivity index (χ3n) is 4.77. The molecular formula is C22H38N4O8. The zero-order chi connectivity index (χ0) is 25.6. The van der Waals surface area contributed by atoms with Crippen LogP contribution in [0.15, 0.2) is 0 Å². The van der Waals surface area contributed by atoms with Crippen LogP contribution in [0.4, 0.5) is 0 Å². The van der Waals surface area contributed by atoms with Crippen LogP contribution in [-0.4, -0.2) is 72.0 Å². The molecule has 0 saturated carbocycles. The molecule has 4 amide bonds. The number of carbonyl (C=O) groups excluding carboxylic acids is 4. The molecule has 0 atom stereocenters. The molecule has 0 saturated heterocycles. The highest BCUT2D eigenvalue weighted by Gasteiger charge is 2.08. The number of rotatable bonds is 21. The van der Waals surface area contributed by atoms with Gasteiger partial charge in [0.2, 0.25) is 23.6 Å². The largest absolute Gasteiger partial charge is 0.481 e. The Balaban J connectivity index is 3.41. The van der Waals surface area contributed by atoms with E-state index in [1.165, 1.54) is 0 Å². The van der Waals surface area contributed by atoms with Gasteiger partial charge in [-0.2, -0.15) is 0 Å². The number of carboxylic acids is 2. The molecule has 0 aromatic carbocycles. The first-order chi connectivity index (χ1) is 16.2. The predicted octanol–water partition coefficient (Wildman–Crippen LogP) is 0.302. The summed E-state index contributed by atoms with van der Waals surface area (Å²) >= 11 is 0. The first-order valence-corrected chi connectivity index (χ1v) is 11.7. The van der Waals surface area contributed by atoms with Crippen molar-refractivity contribution < 1.29 is 39.0 Å². The van der Waals surface area contributed by atoms with Crippen LogP contribution in [0.5, 0.6) is 0 Å². The number of amides is 4. The second kappa shape index (κ2) is 20.4. The molecule has 6 N–H and O–H groups in total. The summed E-state index contributed by atoms with van der Waals surface area (Å²) in [5.74, 6) is -3.62. The first-order valence-electron chi connectivity index (χ1n) is 11.7. The minimum atomic E-state index is -1.06. The van der Waals surface area contributed by atoms with Gasteiger partial charge in [0, 0.05) is 25.9 Å². The van der Waals surface area contributed by atoms with Gasteiger partial charge in [0.25, 0.3) is 0 Å². The molecule has 0 aromatic heterocycles. The number of hydrogen-bond donors (Lipinski definition) is 6. The van der Waals surface area contributed by atoms with Crippen LogP contribution in [0.25, 0.3) is 0 Å². The maximum Gasteiger partial charge on any atom is 0.303 e. The van der Waals surface area contributed by atoms with Crippen molar-refractivity contribution in [3.05, 3.63) is 0 Å². The first kappa shape index (κ1) is 30.8. The summed E-state index contributed by atoms with van der Waals surface area (Å²) in [6, 6.07) is 0. The van der Waals surface area contributed by atoms with E-state index in [1.807, 2.05) is 0 Å². The number of aliphatic carboxylic acids is 2. The van der Waals surface area contributed by atoms with E-state index in [4.69, 9.17) is 10.2 Å². The number of nitrogens with one attached hydrogen (secondary N) is 4. The van der Waals surface area contributed by atoms with Crippen LogP contribution < -0.4 is 21.3 Å². The summed E-state index contributed by atoms with van der Waals surface area (Å²) in [7, 11) is 0. The summed E-state index contributed by atoms with van der Waals surface area (Å²) in [6.07, 6.45) is 7.13. The van der Waals surface area contributed by atoms with Gasteiger partial charge in [-0.3, -0.25) is 28.8 Å². The SMILES string of the molecule is O=C(O)CCC(=O)NCC(=O)NCCCCCCCCCCNC(=O)CNC(=O)CCC(=O)O. The molecule has 0 heterocycles. The zero-order valence-corrected chi connectivity index (χ0v) is 19.7. The summed E-state index contributed by atoms with van der Waals surface area (Å²) < 4.78 is 0. The zero-order valence-electron chi connectivity index (χ0n) is 19.7. The van der Waals surface area contributed by atoms with Gasteiger partial charge in [0.05, 0.1) is 25.9 Å². The Morgan fingerprint density at radius 2 is 0.735 bits per heavy atom. The third kappa shape index (κ3) is 22.0. The Labute approximate surface area is 199 Å². The van der Waals surface area contributed by atoms with Crippen molar-refractivity contribution in [2.75, 3.05) is 26.2 Å². The van der Waals surface area contributed by atoms with Crippen LogP contribution in [0.1, 0.15) is 77.0 Å². The van der Waals surface area contributed by atoms with Gasteiger partial charge < -0.3 is 31.5 Å². The highest BCUT2D eigenvalue weighted by atomic mass is 16.4. The van der Waals surface area contributed by atoms with Crippen molar-refractivity contribution in [3.8, 4) is 0 Å². The van der Waals surface area contributed by atoms with Gasteiger partial charge in [-0.25, -0.2) is 0 Å². The summed E-state index contributed by atoms with van der Waals surface area (Å²) in [5, 5.41) is 27.2. The Morgan fingerprint density at radius 1 is 0.412 bits per heavy atom. The van der Waals surface area contributed by atoms with E-state index in [2.05, 4.69) is 21.3 Å². The van der Waals surface area contributed by atoms with Crippen LogP contribution in [0.3, 0.4) is 0 Å². The van der Waals surface area contributed by atoms with Gasteiger partial charge >= 0.3 is 11.9 Å². The van der Waals surface area contributed by atoms with Crippen molar-refractivity contribution in [2.45, 2.75) is 77.0 Å². The van der Waals surface area contributed by atoms with Gasteiger partial charge in [-0.15, -0.1) is 0 Å². The summed E-state index contributed by atoms with van der Waals surface area (Å²) in [4.78, 5) is 66.6. The molecule has 0 radical (unpaired) electrons. The van der Waals surface area contributed by atoms with Gasteiger partial charge in [0.15, 0.2) is 0 Å². The molecule has 0 aliphatic rings. The number of carbonyl (C=O) groups is 6. The van der Waals surface area contributed by atoms with Crippen molar-refractivity contribution in [2.24, 2.45) is 0 Å². The summed E-state index contributed by atoms with van der Waals surface area (Å²) in [5.41, 5.74) is 0. The van der Waals surface area contributed by atoms with Crippen LogP contribution in [0, 0.1) is 0 Å².